The van der Waals surface area contributed by atoms with Gasteiger partial charge in [0, 0.05) is 5.69 Å². The molecule has 1 aromatic heterocycles. The van der Waals surface area contributed by atoms with Crippen molar-refractivity contribution < 1.29 is 18.8 Å². The van der Waals surface area contributed by atoms with Gasteiger partial charge in [-0.25, -0.2) is 9.78 Å². The maximum Gasteiger partial charge on any atom is 0.516 e. The summed E-state index contributed by atoms with van der Waals surface area (Å²) in [6, 6.07) is 3.11. The van der Waals surface area contributed by atoms with Gasteiger partial charge >= 0.3 is 13.1 Å². The van der Waals surface area contributed by atoms with Crippen LogP contribution < -0.4 is 11.3 Å². The SMILES string of the molecule is COC(=O)c1ccc(N)c(B2OC(C)(C)C(C)(C)O2)n1. The van der Waals surface area contributed by atoms with Crippen LogP contribution >= 0.6 is 0 Å². The van der Waals surface area contributed by atoms with Crippen molar-refractivity contribution in [1.29, 1.82) is 0 Å². The topological polar surface area (TPSA) is 83.7 Å². The minimum absolute atomic E-state index is 0.173. The van der Waals surface area contributed by atoms with E-state index in [1.165, 1.54) is 13.2 Å². The van der Waals surface area contributed by atoms with Gasteiger partial charge in [-0.2, -0.15) is 0 Å². The third kappa shape index (κ3) is 2.38. The summed E-state index contributed by atoms with van der Waals surface area (Å²) in [4.78, 5) is 15.7. The molecule has 2 rings (SSSR count). The second-order valence-corrected chi connectivity index (χ2v) is 5.75. The smallest absolute Gasteiger partial charge is 0.464 e. The summed E-state index contributed by atoms with van der Waals surface area (Å²) in [5.41, 5.74) is 5.91. The van der Waals surface area contributed by atoms with Crippen molar-refractivity contribution in [3.63, 3.8) is 0 Å². The van der Waals surface area contributed by atoms with Crippen LogP contribution in [0.2, 0.25) is 0 Å². The molecule has 0 aliphatic carbocycles. The molecule has 0 unspecified atom stereocenters. The zero-order valence-corrected chi connectivity index (χ0v) is 12.4. The van der Waals surface area contributed by atoms with Crippen molar-refractivity contribution in [2.24, 2.45) is 0 Å². The largest absolute Gasteiger partial charge is 0.516 e. The third-order valence-electron chi connectivity index (χ3n) is 3.83. The van der Waals surface area contributed by atoms with Gasteiger partial charge in [0.2, 0.25) is 0 Å². The fraction of sp³-hybridized carbons (Fsp3) is 0.538. The molecule has 20 heavy (non-hydrogen) atoms. The Labute approximate surface area is 118 Å². The first-order chi connectivity index (χ1) is 9.18. The molecular weight excluding hydrogens is 259 g/mol. The van der Waals surface area contributed by atoms with E-state index in [0.29, 0.717) is 11.3 Å². The molecule has 6 nitrogen and oxygen atoms in total. The number of hydrogen-bond acceptors (Lipinski definition) is 6. The van der Waals surface area contributed by atoms with Gasteiger partial charge in [-0.05, 0) is 39.8 Å². The normalized spacial score (nSPS) is 19.9. The first-order valence-electron chi connectivity index (χ1n) is 6.38. The van der Waals surface area contributed by atoms with Crippen LogP contribution in [0.5, 0.6) is 0 Å². The quantitative estimate of drug-likeness (QED) is 0.635. The van der Waals surface area contributed by atoms with Gasteiger partial charge in [0.15, 0.2) is 0 Å². The molecule has 108 valence electrons. The lowest BCUT2D eigenvalue weighted by Gasteiger charge is -2.32. The van der Waals surface area contributed by atoms with Crippen molar-refractivity contribution in [2.75, 3.05) is 12.8 Å². The molecule has 0 spiro atoms. The second-order valence-electron chi connectivity index (χ2n) is 5.75. The number of ether oxygens (including phenoxy) is 1. The summed E-state index contributed by atoms with van der Waals surface area (Å²) in [6.07, 6.45) is 0. The molecule has 0 bridgehead atoms. The van der Waals surface area contributed by atoms with E-state index in [-0.39, 0.29) is 5.69 Å². The molecule has 1 aliphatic rings. The number of nitrogen functional groups attached to an aromatic ring is 1. The van der Waals surface area contributed by atoms with Crippen LogP contribution in [0.3, 0.4) is 0 Å². The molecule has 1 fully saturated rings. The minimum atomic E-state index is -0.704. The van der Waals surface area contributed by atoms with Crippen molar-refractivity contribution in [3.05, 3.63) is 17.8 Å². The van der Waals surface area contributed by atoms with E-state index in [9.17, 15) is 4.79 Å². The lowest BCUT2D eigenvalue weighted by atomic mass is 9.82. The second kappa shape index (κ2) is 4.75. The summed E-state index contributed by atoms with van der Waals surface area (Å²) < 4.78 is 16.4. The van der Waals surface area contributed by atoms with Gasteiger partial charge in [-0.3, -0.25) is 0 Å². The van der Waals surface area contributed by atoms with Crippen LogP contribution in [0.15, 0.2) is 12.1 Å². The molecule has 1 aromatic rings. The number of esters is 1. The number of methoxy groups -OCH3 is 1. The summed E-state index contributed by atoms with van der Waals surface area (Å²) in [5.74, 6) is -0.525. The molecule has 2 N–H and O–H groups in total. The fourth-order valence-electron chi connectivity index (χ4n) is 1.85. The Bertz CT molecular complexity index is 529. The highest BCUT2D eigenvalue weighted by Crippen LogP contribution is 2.36. The van der Waals surface area contributed by atoms with Gasteiger partial charge in [0.1, 0.15) is 5.69 Å². The number of rotatable bonds is 2. The first-order valence-corrected chi connectivity index (χ1v) is 6.38. The summed E-state index contributed by atoms with van der Waals surface area (Å²) in [5, 5.41) is 0. The van der Waals surface area contributed by atoms with Crippen LogP contribution in [-0.2, 0) is 14.0 Å². The average molecular weight is 278 g/mol. The van der Waals surface area contributed by atoms with Crippen LogP contribution in [0.1, 0.15) is 38.2 Å². The highest BCUT2D eigenvalue weighted by atomic mass is 16.7. The average Bonchev–Trinajstić information content (AvgIpc) is 2.58. The van der Waals surface area contributed by atoms with Crippen molar-refractivity contribution >= 4 is 24.4 Å². The van der Waals surface area contributed by atoms with Gasteiger partial charge in [-0.1, -0.05) is 0 Å². The lowest BCUT2D eigenvalue weighted by Crippen LogP contribution is -2.41. The Balaban J connectivity index is 2.37. The molecule has 0 radical (unpaired) electrons. The number of hydrogen-bond donors (Lipinski definition) is 1. The lowest BCUT2D eigenvalue weighted by molar-refractivity contribution is 0.00578. The Hall–Kier alpha value is -1.60. The van der Waals surface area contributed by atoms with Gasteiger partial charge in [-0.15, -0.1) is 0 Å². The molecular formula is C13H19BN2O4. The first kappa shape index (κ1) is 14.8. The summed E-state index contributed by atoms with van der Waals surface area (Å²) >= 11 is 0. The number of nitrogens with zero attached hydrogens (tertiary/aromatic N) is 1. The van der Waals surface area contributed by atoms with E-state index in [2.05, 4.69) is 9.72 Å². The predicted octanol–water partition coefficient (Wildman–Crippen LogP) is 0.750. The Kier molecular flexibility index (Phi) is 3.52. The van der Waals surface area contributed by atoms with E-state index in [0.717, 1.165) is 0 Å². The van der Waals surface area contributed by atoms with E-state index < -0.39 is 24.3 Å². The van der Waals surface area contributed by atoms with E-state index in [1.807, 2.05) is 27.7 Å². The van der Waals surface area contributed by atoms with Crippen molar-refractivity contribution in [3.8, 4) is 0 Å². The number of carbonyl (C=O) groups is 1. The van der Waals surface area contributed by atoms with Crippen molar-refractivity contribution in [1.82, 2.24) is 4.98 Å². The fourth-order valence-corrected chi connectivity index (χ4v) is 1.85. The maximum atomic E-state index is 11.5. The Morgan fingerprint density at radius 2 is 1.80 bits per heavy atom. The van der Waals surface area contributed by atoms with Crippen LogP contribution in [0.25, 0.3) is 0 Å². The molecule has 7 heteroatoms. The number of aromatic nitrogens is 1. The molecule has 0 aromatic carbocycles. The number of carbonyl (C=O) groups excluding carboxylic acids is 1. The third-order valence-corrected chi connectivity index (χ3v) is 3.83. The number of pyridine rings is 1. The molecule has 0 amide bonds. The molecule has 0 saturated carbocycles. The Morgan fingerprint density at radius 3 is 2.30 bits per heavy atom. The zero-order chi connectivity index (χ0) is 15.1. The number of nitrogens with two attached hydrogens (primary N) is 1. The summed E-state index contributed by atoms with van der Waals surface area (Å²) in [6.45, 7) is 7.75. The monoisotopic (exact) mass is 278 g/mol. The predicted molar refractivity (Wildman–Crippen MR) is 75.7 cm³/mol. The van der Waals surface area contributed by atoms with Crippen LogP contribution in [0, 0.1) is 0 Å². The van der Waals surface area contributed by atoms with Gasteiger partial charge < -0.3 is 19.8 Å². The van der Waals surface area contributed by atoms with Crippen LogP contribution in [0.4, 0.5) is 5.69 Å². The highest BCUT2D eigenvalue weighted by Gasteiger charge is 2.53. The van der Waals surface area contributed by atoms with E-state index >= 15 is 0 Å². The number of anilines is 1. The maximum absolute atomic E-state index is 11.5. The van der Waals surface area contributed by atoms with Gasteiger partial charge in [0.05, 0.1) is 23.9 Å². The van der Waals surface area contributed by atoms with Crippen molar-refractivity contribution in [2.45, 2.75) is 38.9 Å². The standard InChI is InChI=1S/C13H19BN2O4/c1-12(2)13(3,4)20-14(19-12)10-8(15)6-7-9(16-10)11(17)18-5/h6-7H,15H2,1-5H3. The van der Waals surface area contributed by atoms with E-state index in [1.54, 1.807) is 6.07 Å². The zero-order valence-electron chi connectivity index (χ0n) is 12.4. The van der Waals surface area contributed by atoms with E-state index in [4.69, 9.17) is 15.0 Å². The molecule has 2 heterocycles. The molecule has 1 saturated heterocycles. The van der Waals surface area contributed by atoms with Crippen LogP contribution in [-0.4, -0.2) is 36.4 Å². The molecule has 0 atom stereocenters. The summed E-state index contributed by atoms with van der Waals surface area (Å²) in [7, 11) is 0.596. The highest BCUT2D eigenvalue weighted by molar-refractivity contribution is 6.62. The molecule has 1 aliphatic heterocycles. The van der Waals surface area contributed by atoms with Gasteiger partial charge in [0.25, 0.3) is 0 Å². The Morgan fingerprint density at radius 1 is 1.25 bits per heavy atom. The minimum Gasteiger partial charge on any atom is -0.464 e.